The van der Waals surface area contributed by atoms with E-state index in [1.807, 2.05) is 6.92 Å². The van der Waals surface area contributed by atoms with Gasteiger partial charge in [-0.2, -0.15) is 5.10 Å². The highest BCUT2D eigenvalue weighted by Gasteiger charge is 2.15. The SMILES string of the molecule is Cc1nn(Cc2ccccc2F)c(C)c1NC(=O)Cc1ccc(F)cc1. The van der Waals surface area contributed by atoms with E-state index in [0.717, 1.165) is 11.3 Å². The Morgan fingerprint density at radius 2 is 1.77 bits per heavy atom. The Balaban J connectivity index is 1.74. The predicted octanol–water partition coefficient (Wildman–Crippen LogP) is 4.01. The average molecular weight is 355 g/mol. The zero-order valence-electron chi connectivity index (χ0n) is 14.6. The van der Waals surface area contributed by atoms with Crippen LogP contribution in [0.25, 0.3) is 0 Å². The molecule has 1 heterocycles. The third kappa shape index (κ3) is 3.96. The molecule has 0 unspecified atom stereocenters. The van der Waals surface area contributed by atoms with E-state index in [0.29, 0.717) is 16.9 Å². The van der Waals surface area contributed by atoms with E-state index in [4.69, 9.17) is 0 Å². The molecule has 0 radical (unpaired) electrons. The first kappa shape index (κ1) is 17.8. The quantitative estimate of drug-likeness (QED) is 0.752. The molecule has 134 valence electrons. The van der Waals surface area contributed by atoms with Gasteiger partial charge in [0.15, 0.2) is 0 Å². The third-order valence-electron chi connectivity index (χ3n) is 4.20. The summed E-state index contributed by atoms with van der Waals surface area (Å²) in [5.41, 5.74) is 3.28. The molecule has 0 fully saturated rings. The first-order valence-corrected chi connectivity index (χ1v) is 8.25. The normalized spacial score (nSPS) is 10.8. The maximum Gasteiger partial charge on any atom is 0.228 e. The summed E-state index contributed by atoms with van der Waals surface area (Å²) in [5, 5.41) is 7.26. The Morgan fingerprint density at radius 3 is 2.46 bits per heavy atom. The van der Waals surface area contributed by atoms with Crippen LogP contribution in [0.15, 0.2) is 48.5 Å². The van der Waals surface area contributed by atoms with Gasteiger partial charge in [0.05, 0.1) is 30.0 Å². The fourth-order valence-electron chi connectivity index (χ4n) is 2.79. The van der Waals surface area contributed by atoms with Gasteiger partial charge in [0.1, 0.15) is 11.6 Å². The molecule has 6 heteroatoms. The summed E-state index contributed by atoms with van der Waals surface area (Å²) in [4.78, 5) is 12.3. The number of aryl methyl sites for hydroxylation is 1. The molecule has 1 amide bonds. The highest BCUT2D eigenvalue weighted by molar-refractivity contribution is 5.93. The molecule has 4 nitrogen and oxygen atoms in total. The van der Waals surface area contributed by atoms with Crippen LogP contribution in [0, 0.1) is 25.5 Å². The lowest BCUT2D eigenvalue weighted by atomic mass is 10.1. The van der Waals surface area contributed by atoms with Crippen molar-refractivity contribution in [1.82, 2.24) is 9.78 Å². The molecular weight excluding hydrogens is 336 g/mol. The molecule has 0 spiro atoms. The van der Waals surface area contributed by atoms with Crippen LogP contribution in [0.2, 0.25) is 0 Å². The van der Waals surface area contributed by atoms with Crippen molar-refractivity contribution < 1.29 is 13.6 Å². The second-order valence-electron chi connectivity index (χ2n) is 6.15. The molecule has 0 aliphatic carbocycles. The molecule has 0 aliphatic rings. The van der Waals surface area contributed by atoms with Gasteiger partial charge in [0.2, 0.25) is 5.91 Å². The summed E-state index contributed by atoms with van der Waals surface area (Å²) in [6.07, 6.45) is 0.137. The number of carbonyl (C=O) groups excluding carboxylic acids is 1. The zero-order chi connectivity index (χ0) is 18.7. The zero-order valence-corrected chi connectivity index (χ0v) is 14.6. The fourth-order valence-corrected chi connectivity index (χ4v) is 2.79. The van der Waals surface area contributed by atoms with Crippen LogP contribution in [0.1, 0.15) is 22.5 Å². The number of nitrogens with one attached hydrogen (secondary N) is 1. The van der Waals surface area contributed by atoms with Crippen LogP contribution >= 0.6 is 0 Å². The largest absolute Gasteiger partial charge is 0.323 e. The number of carbonyl (C=O) groups is 1. The van der Waals surface area contributed by atoms with E-state index in [1.165, 1.54) is 18.2 Å². The van der Waals surface area contributed by atoms with Gasteiger partial charge in [-0.3, -0.25) is 9.48 Å². The van der Waals surface area contributed by atoms with Gasteiger partial charge in [-0.1, -0.05) is 30.3 Å². The minimum Gasteiger partial charge on any atom is -0.323 e. The molecule has 0 saturated heterocycles. The van der Waals surface area contributed by atoms with Crippen LogP contribution in [-0.4, -0.2) is 15.7 Å². The van der Waals surface area contributed by atoms with Crippen LogP contribution in [0.5, 0.6) is 0 Å². The minimum absolute atomic E-state index is 0.137. The van der Waals surface area contributed by atoms with E-state index < -0.39 is 0 Å². The van der Waals surface area contributed by atoms with Crippen molar-refractivity contribution in [3.63, 3.8) is 0 Å². The molecule has 3 rings (SSSR count). The van der Waals surface area contributed by atoms with Crippen molar-refractivity contribution >= 4 is 11.6 Å². The third-order valence-corrected chi connectivity index (χ3v) is 4.20. The maximum absolute atomic E-state index is 13.9. The summed E-state index contributed by atoms with van der Waals surface area (Å²) in [6, 6.07) is 12.3. The number of rotatable bonds is 5. The summed E-state index contributed by atoms with van der Waals surface area (Å²) < 4.78 is 28.5. The lowest BCUT2D eigenvalue weighted by Gasteiger charge is -2.08. The second kappa shape index (κ2) is 7.47. The Bertz CT molecular complexity index is 933. The molecule has 0 aliphatic heterocycles. The van der Waals surface area contributed by atoms with Gasteiger partial charge in [-0.25, -0.2) is 8.78 Å². The van der Waals surface area contributed by atoms with Gasteiger partial charge < -0.3 is 5.32 Å². The lowest BCUT2D eigenvalue weighted by Crippen LogP contribution is -2.15. The molecule has 26 heavy (non-hydrogen) atoms. The van der Waals surface area contributed by atoms with Gasteiger partial charge in [-0.05, 0) is 37.6 Å². The summed E-state index contributed by atoms with van der Waals surface area (Å²) in [6.45, 7) is 3.90. The number of hydrogen-bond donors (Lipinski definition) is 1. The molecule has 0 bridgehead atoms. The highest BCUT2D eigenvalue weighted by Crippen LogP contribution is 2.21. The van der Waals surface area contributed by atoms with Gasteiger partial charge in [-0.15, -0.1) is 0 Å². The van der Waals surface area contributed by atoms with Crippen LogP contribution in [0.3, 0.4) is 0 Å². The summed E-state index contributed by atoms with van der Waals surface area (Å²) in [7, 11) is 0. The Labute approximate surface area is 150 Å². The van der Waals surface area contributed by atoms with Crippen molar-refractivity contribution in [1.29, 1.82) is 0 Å². The summed E-state index contributed by atoms with van der Waals surface area (Å²) in [5.74, 6) is -0.842. The Hall–Kier alpha value is -3.02. The first-order valence-electron chi connectivity index (χ1n) is 8.25. The smallest absolute Gasteiger partial charge is 0.228 e. The molecule has 1 N–H and O–H groups in total. The molecule has 0 saturated carbocycles. The van der Waals surface area contributed by atoms with Crippen molar-refractivity contribution in [3.8, 4) is 0 Å². The number of amides is 1. The lowest BCUT2D eigenvalue weighted by molar-refractivity contribution is -0.115. The average Bonchev–Trinajstić information content (AvgIpc) is 2.86. The van der Waals surface area contributed by atoms with E-state index in [1.54, 1.807) is 41.9 Å². The second-order valence-corrected chi connectivity index (χ2v) is 6.15. The topological polar surface area (TPSA) is 46.9 Å². The first-order chi connectivity index (χ1) is 12.4. The van der Waals surface area contributed by atoms with E-state index in [2.05, 4.69) is 10.4 Å². The van der Waals surface area contributed by atoms with Gasteiger partial charge >= 0.3 is 0 Å². The number of benzene rings is 2. The predicted molar refractivity (Wildman–Crippen MR) is 95.9 cm³/mol. The van der Waals surface area contributed by atoms with E-state index in [9.17, 15) is 13.6 Å². The maximum atomic E-state index is 13.9. The minimum atomic E-state index is -0.338. The van der Waals surface area contributed by atoms with Crippen molar-refractivity contribution in [2.24, 2.45) is 0 Å². The number of hydrogen-bond acceptors (Lipinski definition) is 2. The standard InChI is InChI=1S/C20H19F2N3O/c1-13-20(23-19(26)11-15-7-9-17(21)10-8-15)14(2)25(24-13)12-16-5-3-4-6-18(16)22/h3-10H,11-12H2,1-2H3,(H,23,26). The van der Waals surface area contributed by atoms with Crippen LogP contribution in [-0.2, 0) is 17.8 Å². The summed E-state index contributed by atoms with van der Waals surface area (Å²) >= 11 is 0. The number of halogens is 2. The van der Waals surface area contributed by atoms with Crippen molar-refractivity contribution in [2.45, 2.75) is 26.8 Å². The van der Waals surface area contributed by atoms with Crippen LogP contribution < -0.4 is 5.32 Å². The molecule has 0 atom stereocenters. The van der Waals surface area contributed by atoms with Crippen molar-refractivity contribution in [3.05, 3.63) is 82.7 Å². The molecule has 1 aromatic heterocycles. The Kier molecular flexibility index (Phi) is 5.11. The number of nitrogens with zero attached hydrogens (tertiary/aromatic N) is 2. The van der Waals surface area contributed by atoms with E-state index in [-0.39, 0.29) is 30.5 Å². The Morgan fingerprint density at radius 1 is 1.08 bits per heavy atom. The molecule has 3 aromatic rings. The fraction of sp³-hybridized carbons (Fsp3) is 0.200. The van der Waals surface area contributed by atoms with Crippen molar-refractivity contribution in [2.75, 3.05) is 5.32 Å². The number of anilines is 1. The van der Waals surface area contributed by atoms with Gasteiger partial charge in [0.25, 0.3) is 0 Å². The molecular formula is C20H19F2N3O. The number of aromatic nitrogens is 2. The van der Waals surface area contributed by atoms with Gasteiger partial charge in [0, 0.05) is 5.56 Å². The van der Waals surface area contributed by atoms with E-state index >= 15 is 0 Å². The molecule has 2 aromatic carbocycles. The van der Waals surface area contributed by atoms with Crippen LogP contribution in [0.4, 0.5) is 14.5 Å². The monoisotopic (exact) mass is 355 g/mol. The highest BCUT2D eigenvalue weighted by atomic mass is 19.1.